The zero-order chi connectivity index (χ0) is 13.0. The van der Waals surface area contributed by atoms with Gasteiger partial charge in [-0.05, 0) is 43.4 Å². The van der Waals surface area contributed by atoms with Crippen LogP contribution in [-0.2, 0) is 10.6 Å². The van der Waals surface area contributed by atoms with Gasteiger partial charge in [0.1, 0.15) is 5.82 Å². The number of nitrogens with zero attached hydrogens (tertiary/aromatic N) is 2. The van der Waals surface area contributed by atoms with Crippen molar-refractivity contribution >= 4 is 17.4 Å². The molecule has 2 heterocycles. The van der Waals surface area contributed by atoms with Gasteiger partial charge in [0, 0.05) is 31.8 Å². The fraction of sp³-hybridized carbons (Fsp3) is 0.643. The number of rotatable bonds is 4. The van der Waals surface area contributed by atoms with Gasteiger partial charge in [0.05, 0.1) is 6.61 Å². The molecule has 4 heteroatoms. The minimum atomic E-state index is 0.538. The average molecular weight is 269 g/mol. The van der Waals surface area contributed by atoms with Gasteiger partial charge in [0.15, 0.2) is 0 Å². The third-order valence-electron chi connectivity index (χ3n) is 3.33. The van der Waals surface area contributed by atoms with Crippen molar-refractivity contribution in [3.8, 4) is 0 Å². The van der Waals surface area contributed by atoms with Crippen LogP contribution in [0.2, 0.25) is 0 Å². The first-order chi connectivity index (χ1) is 8.69. The van der Waals surface area contributed by atoms with Crippen LogP contribution in [0.3, 0.4) is 0 Å². The summed E-state index contributed by atoms with van der Waals surface area (Å²) < 4.78 is 5.52. The maximum atomic E-state index is 5.90. The van der Waals surface area contributed by atoms with Crippen LogP contribution < -0.4 is 4.90 Å². The van der Waals surface area contributed by atoms with Crippen LogP contribution in [-0.4, -0.2) is 31.8 Å². The predicted molar refractivity (Wildman–Crippen MR) is 75.3 cm³/mol. The van der Waals surface area contributed by atoms with Gasteiger partial charge in [-0.3, -0.25) is 0 Å². The van der Waals surface area contributed by atoms with Crippen LogP contribution >= 0.6 is 11.6 Å². The minimum absolute atomic E-state index is 0.538. The van der Waals surface area contributed by atoms with Crippen LogP contribution in [0.25, 0.3) is 0 Å². The van der Waals surface area contributed by atoms with E-state index in [2.05, 4.69) is 23.0 Å². The molecule has 1 unspecified atom stereocenters. The number of ether oxygens (including phenoxy) is 1. The SMILES string of the molecule is Cc1cc(CCl)cc(N(C)CC2CCCOC2)n1. The van der Waals surface area contributed by atoms with Crippen molar-refractivity contribution in [2.75, 3.05) is 31.7 Å². The third kappa shape index (κ3) is 3.59. The summed E-state index contributed by atoms with van der Waals surface area (Å²) in [4.78, 5) is 6.78. The summed E-state index contributed by atoms with van der Waals surface area (Å²) in [5.41, 5.74) is 2.15. The lowest BCUT2D eigenvalue weighted by Gasteiger charge is -2.28. The summed E-state index contributed by atoms with van der Waals surface area (Å²) in [7, 11) is 2.09. The van der Waals surface area contributed by atoms with Gasteiger partial charge in [-0.15, -0.1) is 11.6 Å². The molecular weight excluding hydrogens is 248 g/mol. The fourth-order valence-corrected chi connectivity index (χ4v) is 2.58. The molecule has 1 aliphatic heterocycles. The Morgan fingerprint density at radius 2 is 2.33 bits per heavy atom. The number of hydrogen-bond donors (Lipinski definition) is 0. The highest BCUT2D eigenvalue weighted by atomic mass is 35.5. The molecule has 0 radical (unpaired) electrons. The Morgan fingerprint density at radius 1 is 1.50 bits per heavy atom. The number of alkyl halides is 1. The second-order valence-electron chi connectivity index (χ2n) is 5.07. The molecule has 1 saturated heterocycles. The first-order valence-corrected chi connectivity index (χ1v) is 7.05. The van der Waals surface area contributed by atoms with Gasteiger partial charge in [-0.25, -0.2) is 4.98 Å². The van der Waals surface area contributed by atoms with Gasteiger partial charge in [0.25, 0.3) is 0 Å². The molecule has 0 saturated carbocycles. The number of aromatic nitrogens is 1. The Hall–Kier alpha value is -0.800. The molecular formula is C14H21ClN2O. The molecule has 0 spiro atoms. The topological polar surface area (TPSA) is 25.4 Å². The molecule has 0 bridgehead atoms. The van der Waals surface area contributed by atoms with Crippen molar-refractivity contribution in [2.24, 2.45) is 5.92 Å². The van der Waals surface area contributed by atoms with Gasteiger partial charge in [-0.2, -0.15) is 0 Å². The molecule has 1 fully saturated rings. The molecule has 2 rings (SSSR count). The molecule has 0 N–H and O–H groups in total. The summed E-state index contributed by atoms with van der Waals surface area (Å²) in [6.45, 7) is 4.80. The quantitative estimate of drug-likeness (QED) is 0.785. The minimum Gasteiger partial charge on any atom is -0.381 e. The lowest BCUT2D eigenvalue weighted by Crippen LogP contribution is -2.31. The summed E-state index contributed by atoms with van der Waals surface area (Å²) in [6, 6.07) is 4.11. The zero-order valence-corrected chi connectivity index (χ0v) is 11.9. The van der Waals surface area contributed by atoms with Crippen LogP contribution in [0.5, 0.6) is 0 Å². The van der Waals surface area contributed by atoms with Crippen LogP contribution in [0.4, 0.5) is 5.82 Å². The maximum absolute atomic E-state index is 5.90. The highest BCUT2D eigenvalue weighted by Gasteiger charge is 2.17. The first-order valence-electron chi connectivity index (χ1n) is 6.51. The molecule has 3 nitrogen and oxygen atoms in total. The van der Waals surface area contributed by atoms with Crippen molar-refractivity contribution < 1.29 is 4.74 Å². The Kier molecular flexibility index (Phi) is 4.84. The summed E-state index contributed by atoms with van der Waals surface area (Å²) in [5.74, 6) is 2.17. The van der Waals surface area contributed by atoms with E-state index in [9.17, 15) is 0 Å². The van der Waals surface area contributed by atoms with E-state index < -0.39 is 0 Å². The van der Waals surface area contributed by atoms with E-state index in [1.807, 2.05) is 13.0 Å². The number of aryl methyl sites for hydroxylation is 1. The highest BCUT2D eigenvalue weighted by molar-refractivity contribution is 6.17. The molecule has 0 aromatic carbocycles. The van der Waals surface area contributed by atoms with Gasteiger partial charge in [0.2, 0.25) is 0 Å². The second-order valence-corrected chi connectivity index (χ2v) is 5.34. The van der Waals surface area contributed by atoms with Crippen LogP contribution in [0.15, 0.2) is 12.1 Å². The van der Waals surface area contributed by atoms with E-state index >= 15 is 0 Å². The van der Waals surface area contributed by atoms with Crippen LogP contribution in [0, 0.1) is 12.8 Å². The Morgan fingerprint density at radius 3 is 3.00 bits per heavy atom. The van der Waals surface area contributed by atoms with Crippen molar-refractivity contribution in [3.63, 3.8) is 0 Å². The maximum Gasteiger partial charge on any atom is 0.128 e. The molecule has 1 atom stereocenters. The van der Waals surface area contributed by atoms with Gasteiger partial charge < -0.3 is 9.64 Å². The number of hydrogen-bond acceptors (Lipinski definition) is 3. The lowest BCUT2D eigenvalue weighted by atomic mass is 10.0. The third-order valence-corrected chi connectivity index (χ3v) is 3.64. The summed E-state index contributed by atoms with van der Waals surface area (Å²) in [6.07, 6.45) is 2.42. The zero-order valence-electron chi connectivity index (χ0n) is 11.2. The molecule has 0 amide bonds. The highest BCUT2D eigenvalue weighted by Crippen LogP contribution is 2.19. The van der Waals surface area contributed by atoms with Crippen molar-refractivity contribution in [3.05, 3.63) is 23.4 Å². The molecule has 1 aromatic rings. The lowest BCUT2D eigenvalue weighted by molar-refractivity contribution is 0.0576. The first kappa shape index (κ1) is 13.6. The van der Waals surface area contributed by atoms with E-state index in [-0.39, 0.29) is 0 Å². The number of anilines is 1. The van der Waals surface area contributed by atoms with Gasteiger partial charge in [-0.1, -0.05) is 0 Å². The molecule has 18 heavy (non-hydrogen) atoms. The molecule has 1 aliphatic rings. The van der Waals surface area contributed by atoms with E-state index in [1.54, 1.807) is 0 Å². The van der Waals surface area contributed by atoms with E-state index in [1.165, 1.54) is 12.8 Å². The summed E-state index contributed by atoms with van der Waals surface area (Å²) >= 11 is 5.90. The normalized spacial score (nSPS) is 19.8. The average Bonchev–Trinajstić information content (AvgIpc) is 2.39. The second kappa shape index (κ2) is 6.39. The summed E-state index contributed by atoms with van der Waals surface area (Å²) in [5, 5.41) is 0. The fourth-order valence-electron chi connectivity index (χ4n) is 2.43. The largest absolute Gasteiger partial charge is 0.381 e. The Bertz CT molecular complexity index is 391. The molecule has 0 aliphatic carbocycles. The predicted octanol–water partition coefficient (Wildman–Crippen LogP) is 2.99. The Balaban J connectivity index is 2.02. The van der Waals surface area contributed by atoms with E-state index in [0.29, 0.717) is 11.8 Å². The standard InChI is InChI=1S/C14H21ClN2O/c1-11-6-13(8-15)7-14(16-11)17(2)9-12-4-3-5-18-10-12/h6-7,12H,3-5,8-10H2,1-2H3. The van der Waals surface area contributed by atoms with Crippen LogP contribution in [0.1, 0.15) is 24.1 Å². The smallest absolute Gasteiger partial charge is 0.128 e. The monoisotopic (exact) mass is 268 g/mol. The number of pyridine rings is 1. The number of halogens is 1. The van der Waals surface area contributed by atoms with Crippen molar-refractivity contribution in [1.29, 1.82) is 0 Å². The van der Waals surface area contributed by atoms with Crippen molar-refractivity contribution in [2.45, 2.75) is 25.6 Å². The molecule has 1 aromatic heterocycles. The van der Waals surface area contributed by atoms with Crippen molar-refractivity contribution in [1.82, 2.24) is 4.98 Å². The Labute approximate surface area is 114 Å². The molecule has 100 valence electrons. The van der Waals surface area contributed by atoms with Gasteiger partial charge >= 0.3 is 0 Å². The van der Waals surface area contributed by atoms with E-state index in [0.717, 1.165) is 36.8 Å². The van der Waals surface area contributed by atoms with E-state index in [4.69, 9.17) is 16.3 Å².